The van der Waals surface area contributed by atoms with Gasteiger partial charge in [0.05, 0.1) is 17.8 Å². The van der Waals surface area contributed by atoms with E-state index < -0.39 is 0 Å². The van der Waals surface area contributed by atoms with Crippen molar-refractivity contribution >= 4 is 23.0 Å². The van der Waals surface area contributed by atoms with E-state index in [1.54, 1.807) is 4.68 Å². The summed E-state index contributed by atoms with van der Waals surface area (Å²) in [7, 11) is 0. The van der Waals surface area contributed by atoms with Gasteiger partial charge in [0, 0.05) is 24.3 Å². The lowest BCUT2D eigenvalue weighted by atomic mass is 10.1. The summed E-state index contributed by atoms with van der Waals surface area (Å²) in [6, 6.07) is 19.5. The molecule has 0 saturated heterocycles. The highest BCUT2D eigenvalue weighted by Gasteiger charge is 2.24. The van der Waals surface area contributed by atoms with E-state index in [0.29, 0.717) is 11.7 Å². The molecule has 2 aromatic carbocycles. The average molecular weight is 350 g/mol. The zero-order valence-electron chi connectivity index (χ0n) is 13.6. The molecule has 0 spiro atoms. The van der Waals surface area contributed by atoms with Crippen LogP contribution in [-0.4, -0.2) is 26.3 Å². The lowest BCUT2D eigenvalue weighted by molar-refractivity contribution is 0.396. The second-order valence-electron chi connectivity index (χ2n) is 6.01. The Kier molecular flexibility index (Phi) is 4.11. The molecule has 1 aromatic heterocycles. The molecule has 126 valence electrons. The minimum absolute atomic E-state index is 0.00610. The molecule has 0 amide bonds. The minimum Gasteiger partial charge on any atom is -0.344 e. The molecule has 0 unspecified atom stereocenters. The summed E-state index contributed by atoms with van der Waals surface area (Å²) in [4.78, 5) is 14.8. The third-order valence-corrected chi connectivity index (χ3v) is 4.74. The molecule has 2 heterocycles. The van der Waals surface area contributed by atoms with Gasteiger partial charge < -0.3 is 10.2 Å². The van der Waals surface area contributed by atoms with Crippen LogP contribution in [-0.2, 0) is 13.0 Å². The first-order chi connectivity index (χ1) is 12.2. The van der Waals surface area contributed by atoms with Gasteiger partial charge in [-0.1, -0.05) is 36.4 Å². The number of hydrogen-bond donors (Lipinski definition) is 2. The topological polar surface area (TPSA) is 53.1 Å². The number of thiocarbonyl (C=S) groups is 1. The monoisotopic (exact) mass is 350 g/mol. The molecule has 1 aliphatic heterocycles. The van der Waals surface area contributed by atoms with Crippen molar-refractivity contribution < 1.29 is 0 Å². The Morgan fingerprint density at radius 3 is 2.44 bits per heavy atom. The van der Waals surface area contributed by atoms with Crippen molar-refractivity contribution in [2.24, 2.45) is 0 Å². The first kappa shape index (κ1) is 15.7. The van der Waals surface area contributed by atoms with Crippen molar-refractivity contribution in [3.63, 3.8) is 0 Å². The maximum Gasteiger partial charge on any atom is 0.276 e. The Morgan fingerprint density at radius 2 is 1.72 bits per heavy atom. The van der Waals surface area contributed by atoms with Gasteiger partial charge in [-0.15, -0.1) is 0 Å². The van der Waals surface area contributed by atoms with Gasteiger partial charge in [0.2, 0.25) is 0 Å². The Morgan fingerprint density at radius 1 is 1.04 bits per heavy atom. The van der Waals surface area contributed by atoms with Gasteiger partial charge in [-0.05, 0) is 36.5 Å². The standard InChI is InChI=1S/C19H18N4OS/c24-18-16-13-22(19(25)20-14-7-3-1-4-8-14)12-11-17(16)21-23(18)15-9-5-2-6-10-15/h1-10,21H,11-13H2,(H,20,25). The van der Waals surface area contributed by atoms with Crippen molar-refractivity contribution in [2.45, 2.75) is 13.0 Å². The highest BCUT2D eigenvalue weighted by molar-refractivity contribution is 7.80. The number of nitrogens with one attached hydrogen (secondary N) is 2. The van der Waals surface area contributed by atoms with Gasteiger partial charge in [-0.2, -0.15) is 0 Å². The lowest BCUT2D eigenvalue weighted by Gasteiger charge is -2.28. The predicted molar refractivity (Wildman–Crippen MR) is 103 cm³/mol. The third-order valence-electron chi connectivity index (χ3n) is 4.38. The van der Waals surface area contributed by atoms with Crippen molar-refractivity contribution in [1.29, 1.82) is 0 Å². The zero-order chi connectivity index (χ0) is 17.2. The van der Waals surface area contributed by atoms with Crippen LogP contribution >= 0.6 is 12.2 Å². The number of fused-ring (bicyclic) bond motifs is 1. The second kappa shape index (κ2) is 6.57. The van der Waals surface area contributed by atoms with Crippen molar-refractivity contribution in [1.82, 2.24) is 14.7 Å². The van der Waals surface area contributed by atoms with E-state index in [2.05, 4.69) is 10.4 Å². The van der Waals surface area contributed by atoms with Gasteiger partial charge in [-0.3, -0.25) is 9.89 Å². The molecule has 0 saturated carbocycles. The molecule has 0 aliphatic carbocycles. The summed E-state index contributed by atoms with van der Waals surface area (Å²) in [5.41, 5.74) is 3.57. The molecule has 3 aromatic rings. The van der Waals surface area contributed by atoms with Crippen LogP contribution in [0.4, 0.5) is 5.69 Å². The van der Waals surface area contributed by atoms with Crippen LogP contribution < -0.4 is 10.9 Å². The quantitative estimate of drug-likeness (QED) is 0.698. The van der Waals surface area contributed by atoms with Crippen LogP contribution in [0, 0.1) is 0 Å². The third kappa shape index (κ3) is 3.08. The van der Waals surface area contributed by atoms with Crippen LogP contribution in [0.3, 0.4) is 0 Å². The van der Waals surface area contributed by atoms with Crippen molar-refractivity contribution in [3.8, 4) is 5.69 Å². The maximum absolute atomic E-state index is 12.8. The largest absolute Gasteiger partial charge is 0.344 e. The first-order valence-electron chi connectivity index (χ1n) is 8.21. The molecule has 6 heteroatoms. The number of benzene rings is 2. The molecule has 0 fully saturated rings. The molecular formula is C19H18N4OS. The van der Waals surface area contributed by atoms with Crippen molar-refractivity contribution in [3.05, 3.63) is 82.3 Å². The number of anilines is 1. The molecule has 0 bridgehead atoms. The predicted octanol–water partition coefficient (Wildman–Crippen LogP) is 2.92. The average Bonchev–Trinajstić information content (AvgIpc) is 2.99. The van der Waals surface area contributed by atoms with Crippen LogP contribution in [0.25, 0.3) is 5.69 Å². The summed E-state index contributed by atoms with van der Waals surface area (Å²) >= 11 is 5.52. The van der Waals surface area contributed by atoms with E-state index >= 15 is 0 Å². The number of H-pyrrole nitrogens is 1. The van der Waals surface area contributed by atoms with Gasteiger partial charge in [0.15, 0.2) is 5.11 Å². The molecule has 0 atom stereocenters. The Hall–Kier alpha value is -2.86. The molecule has 25 heavy (non-hydrogen) atoms. The fourth-order valence-corrected chi connectivity index (χ4v) is 3.33. The number of nitrogens with zero attached hydrogens (tertiary/aromatic N) is 2. The molecule has 1 aliphatic rings. The zero-order valence-corrected chi connectivity index (χ0v) is 14.4. The summed E-state index contributed by atoms with van der Waals surface area (Å²) < 4.78 is 1.61. The normalized spacial score (nSPS) is 13.4. The number of aromatic amines is 1. The smallest absolute Gasteiger partial charge is 0.276 e. The van der Waals surface area contributed by atoms with E-state index in [-0.39, 0.29) is 5.56 Å². The summed E-state index contributed by atoms with van der Waals surface area (Å²) in [6.07, 6.45) is 0.765. The Labute approximate surface area is 150 Å². The van der Waals surface area contributed by atoms with E-state index in [9.17, 15) is 4.79 Å². The molecule has 5 nitrogen and oxygen atoms in total. The highest BCUT2D eigenvalue weighted by Crippen LogP contribution is 2.17. The summed E-state index contributed by atoms with van der Waals surface area (Å²) in [5.74, 6) is 0. The van der Waals surface area contributed by atoms with Gasteiger partial charge in [0.1, 0.15) is 0 Å². The maximum atomic E-state index is 12.8. The number of aromatic nitrogens is 2. The Balaban J connectivity index is 1.56. The fourth-order valence-electron chi connectivity index (χ4n) is 3.06. The highest BCUT2D eigenvalue weighted by atomic mass is 32.1. The van der Waals surface area contributed by atoms with Crippen LogP contribution in [0.1, 0.15) is 11.3 Å². The van der Waals surface area contributed by atoms with Crippen LogP contribution in [0.2, 0.25) is 0 Å². The summed E-state index contributed by atoms with van der Waals surface area (Å²) in [6.45, 7) is 1.30. The number of para-hydroxylation sites is 2. The van der Waals surface area contributed by atoms with Gasteiger partial charge in [-0.25, -0.2) is 4.68 Å². The molecule has 0 radical (unpaired) electrons. The number of rotatable bonds is 2. The first-order valence-corrected chi connectivity index (χ1v) is 8.62. The SMILES string of the molecule is O=c1c2c([nH]n1-c1ccccc1)CCN(C(=S)Nc1ccccc1)C2. The number of hydrogen-bond acceptors (Lipinski definition) is 2. The fraction of sp³-hybridized carbons (Fsp3) is 0.158. The second-order valence-corrected chi connectivity index (χ2v) is 6.40. The Bertz CT molecular complexity index is 947. The van der Waals surface area contributed by atoms with Gasteiger partial charge >= 0.3 is 0 Å². The van der Waals surface area contributed by atoms with E-state index in [4.69, 9.17) is 12.2 Å². The van der Waals surface area contributed by atoms with Gasteiger partial charge in [0.25, 0.3) is 5.56 Å². The van der Waals surface area contributed by atoms with Crippen LogP contribution in [0.15, 0.2) is 65.5 Å². The summed E-state index contributed by atoms with van der Waals surface area (Å²) in [5, 5.41) is 7.12. The molecule has 2 N–H and O–H groups in total. The van der Waals surface area contributed by atoms with E-state index in [0.717, 1.165) is 35.6 Å². The van der Waals surface area contributed by atoms with Crippen molar-refractivity contribution in [2.75, 3.05) is 11.9 Å². The molecular weight excluding hydrogens is 332 g/mol. The lowest BCUT2D eigenvalue weighted by Crippen LogP contribution is -2.40. The van der Waals surface area contributed by atoms with Crippen LogP contribution in [0.5, 0.6) is 0 Å². The van der Waals surface area contributed by atoms with E-state index in [1.807, 2.05) is 65.6 Å². The molecule has 4 rings (SSSR count). The minimum atomic E-state index is -0.00610. The van der Waals surface area contributed by atoms with E-state index in [1.165, 1.54) is 0 Å².